The van der Waals surface area contributed by atoms with Gasteiger partial charge in [-0.05, 0) is 11.5 Å². The van der Waals surface area contributed by atoms with Crippen molar-refractivity contribution in [3.8, 4) is 0 Å². The normalized spacial score (nSPS) is 12.8. The fraction of sp³-hybridized carbons (Fsp3) is 0.0417. The molecule has 5 rings (SSSR count). The van der Waals surface area contributed by atoms with E-state index in [-0.39, 0.29) is 28.8 Å². The lowest BCUT2D eigenvalue weighted by Crippen LogP contribution is -3.00. The van der Waals surface area contributed by atoms with Gasteiger partial charge in [0, 0.05) is 17.0 Å². The number of fused-ring (bicyclic) bond motifs is 2. The maximum absolute atomic E-state index is 13.1. The minimum absolute atomic E-state index is 0. The Bertz CT molecular complexity index is 1230. The van der Waals surface area contributed by atoms with Crippen LogP contribution in [0.5, 0.6) is 0 Å². The predicted molar refractivity (Wildman–Crippen MR) is 107 cm³/mol. The molecular formula is C24H17BrN2O2. The molecule has 5 heteroatoms. The zero-order chi connectivity index (χ0) is 19.1. The fourth-order valence-corrected chi connectivity index (χ4v) is 3.74. The van der Waals surface area contributed by atoms with Gasteiger partial charge in [0.25, 0.3) is 11.8 Å². The van der Waals surface area contributed by atoms with Crippen LogP contribution in [0.2, 0.25) is 0 Å². The molecule has 4 aromatic rings. The molecule has 4 nitrogen and oxygen atoms in total. The van der Waals surface area contributed by atoms with Crippen LogP contribution in [0.3, 0.4) is 0 Å². The van der Waals surface area contributed by atoms with Crippen LogP contribution >= 0.6 is 0 Å². The second-order valence-corrected chi connectivity index (χ2v) is 6.87. The number of halogens is 1. The SMILES string of the molecule is O=C1c2cc[n+](Cc3ccccc3)cc2C(=O)N1c1cccc2ccccc12.[Br-]. The first-order chi connectivity index (χ1) is 13.7. The maximum Gasteiger partial charge on any atom is 0.272 e. The first-order valence-electron chi connectivity index (χ1n) is 9.16. The number of anilines is 1. The van der Waals surface area contributed by atoms with Gasteiger partial charge in [-0.2, -0.15) is 4.57 Å². The van der Waals surface area contributed by atoms with Gasteiger partial charge in [0.2, 0.25) is 0 Å². The molecule has 0 saturated heterocycles. The van der Waals surface area contributed by atoms with Crippen LogP contribution in [0.25, 0.3) is 10.8 Å². The molecule has 2 heterocycles. The number of hydrogen-bond acceptors (Lipinski definition) is 2. The Morgan fingerprint density at radius 3 is 2.24 bits per heavy atom. The summed E-state index contributed by atoms with van der Waals surface area (Å²) in [4.78, 5) is 27.5. The van der Waals surface area contributed by atoms with Crippen molar-refractivity contribution in [2.45, 2.75) is 6.54 Å². The number of aromatic nitrogens is 1. The summed E-state index contributed by atoms with van der Waals surface area (Å²) in [6.45, 7) is 0.643. The summed E-state index contributed by atoms with van der Waals surface area (Å²) in [6, 6.07) is 25.2. The van der Waals surface area contributed by atoms with E-state index in [4.69, 9.17) is 0 Å². The lowest BCUT2D eigenvalue weighted by Gasteiger charge is -2.16. The lowest BCUT2D eigenvalue weighted by molar-refractivity contribution is -0.688. The highest BCUT2D eigenvalue weighted by Crippen LogP contribution is 2.33. The molecule has 3 aromatic carbocycles. The highest BCUT2D eigenvalue weighted by molar-refractivity contribution is 6.35. The third-order valence-electron chi connectivity index (χ3n) is 5.10. The third-order valence-corrected chi connectivity index (χ3v) is 5.10. The Morgan fingerprint density at radius 2 is 1.41 bits per heavy atom. The summed E-state index contributed by atoms with van der Waals surface area (Å²) >= 11 is 0. The average molecular weight is 445 g/mol. The van der Waals surface area contributed by atoms with Crippen molar-refractivity contribution in [1.29, 1.82) is 0 Å². The second kappa shape index (κ2) is 7.60. The molecule has 0 bridgehead atoms. The van der Waals surface area contributed by atoms with E-state index in [0.717, 1.165) is 16.3 Å². The zero-order valence-corrected chi connectivity index (χ0v) is 17.0. The minimum atomic E-state index is -0.279. The average Bonchev–Trinajstić information content (AvgIpc) is 2.98. The van der Waals surface area contributed by atoms with E-state index in [2.05, 4.69) is 0 Å². The topological polar surface area (TPSA) is 41.3 Å². The number of rotatable bonds is 3. The van der Waals surface area contributed by atoms with E-state index in [1.54, 1.807) is 12.3 Å². The Kier molecular flexibility index (Phi) is 4.99. The van der Waals surface area contributed by atoms with Gasteiger partial charge in [-0.15, -0.1) is 0 Å². The number of carbonyl (C=O) groups excluding carboxylic acids is 2. The predicted octanol–water partition coefficient (Wildman–Crippen LogP) is 0.980. The molecule has 0 unspecified atom stereocenters. The minimum Gasteiger partial charge on any atom is -1.00 e. The molecule has 1 aliphatic heterocycles. The van der Waals surface area contributed by atoms with Crippen molar-refractivity contribution < 1.29 is 31.1 Å². The monoisotopic (exact) mass is 444 g/mol. The van der Waals surface area contributed by atoms with Gasteiger partial charge in [0.05, 0.1) is 11.3 Å². The summed E-state index contributed by atoms with van der Waals surface area (Å²) < 4.78 is 1.94. The van der Waals surface area contributed by atoms with Crippen LogP contribution in [0.15, 0.2) is 91.3 Å². The van der Waals surface area contributed by atoms with E-state index in [9.17, 15) is 9.59 Å². The van der Waals surface area contributed by atoms with Gasteiger partial charge in [-0.3, -0.25) is 9.59 Å². The van der Waals surface area contributed by atoms with Gasteiger partial charge < -0.3 is 17.0 Å². The van der Waals surface area contributed by atoms with Gasteiger partial charge in [0.15, 0.2) is 18.9 Å². The van der Waals surface area contributed by atoms with Crippen molar-refractivity contribution in [2.24, 2.45) is 0 Å². The number of benzene rings is 3. The molecule has 0 atom stereocenters. The Morgan fingerprint density at radius 1 is 0.724 bits per heavy atom. The van der Waals surface area contributed by atoms with E-state index < -0.39 is 0 Å². The van der Waals surface area contributed by atoms with E-state index in [1.165, 1.54) is 4.90 Å². The van der Waals surface area contributed by atoms with Crippen molar-refractivity contribution in [1.82, 2.24) is 0 Å². The summed E-state index contributed by atoms with van der Waals surface area (Å²) in [5.74, 6) is -0.554. The standard InChI is InChI=1S/C24H17N2O2.BrH/c27-23-20-13-14-25(15-17-7-2-1-3-8-17)16-21(20)24(28)26(23)22-12-6-10-18-9-4-5-11-19(18)22;/h1-14,16H,15H2;1H/q+1;/p-1. The summed E-state index contributed by atoms with van der Waals surface area (Å²) in [6.07, 6.45) is 3.62. The molecule has 29 heavy (non-hydrogen) atoms. The van der Waals surface area contributed by atoms with Crippen LogP contribution in [-0.2, 0) is 6.54 Å². The number of carbonyl (C=O) groups is 2. The van der Waals surface area contributed by atoms with Gasteiger partial charge in [-0.1, -0.05) is 66.7 Å². The molecule has 2 amide bonds. The van der Waals surface area contributed by atoms with Crippen LogP contribution in [-0.4, -0.2) is 11.8 Å². The highest BCUT2D eigenvalue weighted by Gasteiger charge is 2.39. The first-order valence-corrected chi connectivity index (χ1v) is 9.16. The Hall–Kier alpha value is -3.31. The van der Waals surface area contributed by atoms with E-state index >= 15 is 0 Å². The van der Waals surface area contributed by atoms with Gasteiger partial charge >= 0.3 is 0 Å². The Balaban J connectivity index is 0.00000205. The van der Waals surface area contributed by atoms with Gasteiger partial charge in [-0.25, -0.2) is 4.90 Å². The van der Waals surface area contributed by atoms with Crippen molar-refractivity contribution >= 4 is 28.3 Å². The van der Waals surface area contributed by atoms with Crippen LogP contribution in [0, 0.1) is 0 Å². The molecule has 142 valence electrons. The van der Waals surface area contributed by atoms with E-state index in [1.807, 2.05) is 83.6 Å². The van der Waals surface area contributed by atoms with Crippen LogP contribution in [0.1, 0.15) is 26.3 Å². The summed E-state index contributed by atoms with van der Waals surface area (Å²) in [5.41, 5.74) is 2.65. The molecule has 0 aliphatic carbocycles. The number of hydrogen-bond donors (Lipinski definition) is 0. The maximum atomic E-state index is 13.1. The molecule has 0 fully saturated rings. The van der Waals surface area contributed by atoms with Crippen LogP contribution in [0.4, 0.5) is 5.69 Å². The summed E-state index contributed by atoms with van der Waals surface area (Å²) in [5, 5.41) is 1.88. The highest BCUT2D eigenvalue weighted by atomic mass is 79.9. The molecule has 0 saturated carbocycles. The summed E-state index contributed by atoms with van der Waals surface area (Å²) in [7, 11) is 0. The second-order valence-electron chi connectivity index (χ2n) is 6.87. The van der Waals surface area contributed by atoms with Crippen molar-refractivity contribution in [3.05, 3.63) is 108 Å². The molecular weight excluding hydrogens is 428 g/mol. The van der Waals surface area contributed by atoms with E-state index in [0.29, 0.717) is 23.4 Å². The Labute approximate surface area is 178 Å². The van der Waals surface area contributed by atoms with Gasteiger partial charge in [0.1, 0.15) is 5.56 Å². The molecule has 0 N–H and O–H groups in total. The van der Waals surface area contributed by atoms with Crippen molar-refractivity contribution in [2.75, 3.05) is 4.90 Å². The number of pyridine rings is 1. The lowest BCUT2D eigenvalue weighted by atomic mass is 10.1. The third kappa shape index (κ3) is 3.23. The molecule has 0 spiro atoms. The molecule has 0 radical (unpaired) electrons. The largest absolute Gasteiger partial charge is 1.00 e. The molecule has 1 aliphatic rings. The first kappa shape index (κ1) is 19.0. The fourth-order valence-electron chi connectivity index (χ4n) is 3.74. The van der Waals surface area contributed by atoms with Crippen molar-refractivity contribution in [3.63, 3.8) is 0 Å². The smallest absolute Gasteiger partial charge is 0.272 e. The quantitative estimate of drug-likeness (QED) is 0.349. The number of amides is 2. The van der Waals surface area contributed by atoms with Crippen LogP contribution < -0.4 is 26.4 Å². The zero-order valence-electron chi connectivity index (χ0n) is 15.5. The number of nitrogens with zero attached hydrogens (tertiary/aromatic N) is 2. The molecule has 1 aromatic heterocycles. The number of imide groups is 1.